The van der Waals surface area contributed by atoms with Gasteiger partial charge in [-0.1, -0.05) is 52.0 Å². The van der Waals surface area contributed by atoms with Gasteiger partial charge in [0.2, 0.25) is 0 Å². The van der Waals surface area contributed by atoms with Gasteiger partial charge >= 0.3 is 0 Å². The van der Waals surface area contributed by atoms with E-state index in [2.05, 4.69) is 55.0 Å². The number of carbonyl (C=O) groups excluding carboxylic acids is 1. The van der Waals surface area contributed by atoms with Crippen LogP contribution in [-0.4, -0.2) is 15.8 Å². The molecule has 0 aliphatic heterocycles. The standard InChI is InChI=1S/C20H25N3O/c1-5-17-22-15-10-13(11-16(24)18(15)19(21)23-17)12-6-8-14(9-7-12)20(2,3)4/h6-9,13H,5,10-11H2,1-4H3,(H2,21,22,23)/t13-/m0/s1. The van der Waals surface area contributed by atoms with Crippen LogP contribution in [0.15, 0.2) is 24.3 Å². The summed E-state index contributed by atoms with van der Waals surface area (Å²) in [6.07, 6.45) is 1.94. The summed E-state index contributed by atoms with van der Waals surface area (Å²) >= 11 is 0. The van der Waals surface area contributed by atoms with Crippen molar-refractivity contribution < 1.29 is 4.79 Å². The molecular weight excluding hydrogens is 298 g/mol. The number of aromatic nitrogens is 2. The Kier molecular flexibility index (Phi) is 4.16. The molecule has 4 nitrogen and oxygen atoms in total. The fourth-order valence-corrected chi connectivity index (χ4v) is 3.31. The molecule has 0 spiro atoms. The van der Waals surface area contributed by atoms with Gasteiger partial charge in [0.15, 0.2) is 5.78 Å². The number of ketones is 1. The first-order chi connectivity index (χ1) is 11.3. The van der Waals surface area contributed by atoms with Crippen LogP contribution in [0.3, 0.4) is 0 Å². The van der Waals surface area contributed by atoms with E-state index >= 15 is 0 Å². The highest BCUT2D eigenvalue weighted by molar-refractivity contribution is 6.02. The van der Waals surface area contributed by atoms with E-state index in [9.17, 15) is 4.79 Å². The molecule has 1 atom stereocenters. The van der Waals surface area contributed by atoms with E-state index < -0.39 is 0 Å². The Balaban J connectivity index is 1.93. The summed E-state index contributed by atoms with van der Waals surface area (Å²) in [5, 5.41) is 0. The topological polar surface area (TPSA) is 68.9 Å². The van der Waals surface area contributed by atoms with Crippen LogP contribution in [0.5, 0.6) is 0 Å². The van der Waals surface area contributed by atoms with Crippen molar-refractivity contribution in [2.45, 2.75) is 58.3 Å². The van der Waals surface area contributed by atoms with Crippen molar-refractivity contribution in [3.8, 4) is 0 Å². The molecule has 126 valence electrons. The van der Waals surface area contributed by atoms with E-state index in [-0.39, 0.29) is 17.1 Å². The van der Waals surface area contributed by atoms with Gasteiger partial charge in [0.1, 0.15) is 11.6 Å². The summed E-state index contributed by atoms with van der Waals surface area (Å²) in [5.41, 5.74) is 9.95. The third-order valence-corrected chi connectivity index (χ3v) is 4.77. The molecule has 1 aromatic carbocycles. The van der Waals surface area contributed by atoms with Crippen LogP contribution >= 0.6 is 0 Å². The van der Waals surface area contributed by atoms with Gasteiger partial charge in [-0.05, 0) is 28.9 Å². The van der Waals surface area contributed by atoms with Gasteiger partial charge in [0.05, 0.1) is 11.3 Å². The monoisotopic (exact) mass is 323 g/mol. The fraction of sp³-hybridized carbons (Fsp3) is 0.450. The Bertz CT molecular complexity index is 773. The molecule has 1 aromatic heterocycles. The van der Waals surface area contributed by atoms with Gasteiger partial charge in [-0.3, -0.25) is 4.79 Å². The Morgan fingerprint density at radius 3 is 2.38 bits per heavy atom. The maximum Gasteiger partial charge on any atom is 0.169 e. The van der Waals surface area contributed by atoms with Crippen LogP contribution in [0.1, 0.15) is 73.0 Å². The molecule has 0 saturated heterocycles. The number of nitrogen functional groups attached to an aromatic ring is 1. The smallest absolute Gasteiger partial charge is 0.169 e. The van der Waals surface area contributed by atoms with E-state index in [4.69, 9.17) is 5.73 Å². The largest absolute Gasteiger partial charge is 0.383 e. The maximum atomic E-state index is 12.6. The fourth-order valence-electron chi connectivity index (χ4n) is 3.31. The summed E-state index contributed by atoms with van der Waals surface area (Å²) < 4.78 is 0. The number of aryl methyl sites for hydroxylation is 1. The van der Waals surface area contributed by atoms with Crippen molar-refractivity contribution in [2.24, 2.45) is 0 Å². The van der Waals surface area contributed by atoms with Gasteiger partial charge in [-0.25, -0.2) is 9.97 Å². The first kappa shape index (κ1) is 16.6. The molecule has 24 heavy (non-hydrogen) atoms. The zero-order valence-corrected chi connectivity index (χ0v) is 14.9. The number of rotatable bonds is 2. The highest BCUT2D eigenvalue weighted by Gasteiger charge is 2.30. The molecular formula is C20H25N3O. The molecule has 1 aliphatic carbocycles. The molecule has 0 radical (unpaired) electrons. The van der Waals surface area contributed by atoms with Crippen molar-refractivity contribution in [3.63, 3.8) is 0 Å². The summed E-state index contributed by atoms with van der Waals surface area (Å²) in [4.78, 5) is 21.4. The Morgan fingerprint density at radius 1 is 1.12 bits per heavy atom. The lowest BCUT2D eigenvalue weighted by Gasteiger charge is -2.25. The van der Waals surface area contributed by atoms with Gasteiger partial charge < -0.3 is 5.73 Å². The SMILES string of the molecule is CCc1nc(N)c2c(n1)C[C@H](c1ccc(C(C)(C)C)cc1)CC2=O. The van der Waals surface area contributed by atoms with Crippen LogP contribution in [0.25, 0.3) is 0 Å². The lowest BCUT2D eigenvalue weighted by molar-refractivity contribution is 0.0963. The average Bonchev–Trinajstić information content (AvgIpc) is 2.53. The molecule has 0 amide bonds. The third kappa shape index (κ3) is 3.05. The predicted molar refractivity (Wildman–Crippen MR) is 96.4 cm³/mol. The third-order valence-electron chi connectivity index (χ3n) is 4.77. The van der Waals surface area contributed by atoms with Crippen molar-refractivity contribution in [3.05, 3.63) is 52.5 Å². The molecule has 4 heteroatoms. The van der Waals surface area contributed by atoms with E-state index in [1.807, 2.05) is 6.92 Å². The van der Waals surface area contributed by atoms with Gasteiger partial charge in [-0.15, -0.1) is 0 Å². The molecule has 2 N–H and O–H groups in total. The van der Waals surface area contributed by atoms with Crippen LogP contribution < -0.4 is 5.73 Å². The number of fused-ring (bicyclic) bond motifs is 1. The number of hydrogen-bond acceptors (Lipinski definition) is 4. The second-order valence-electron chi connectivity index (χ2n) is 7.60. The van der Waals surface area contributed by atoms with Gasteiger partial charge in [0.25, 0.3) is 0 Å². The second kappa shape index (κ2) is 6.00. The van der Waals surface area contributed by atoms with Crippen molar-refractivity contribution >= 4 is 11.6 Å². The second-order valence-corrected chi connectivity index (χ2v) is 7.60. The zero-order valence-electron chi connectivity index (χ0n) is 14.9. The Hall–Kier alpha value is -2.23. The number of Topliss-reactive ketones (excluding diaryl/α,β-unsaturated/α-hetero) is 1. The van der Waals surface area contributed by atoms with Crippen LogP contribution in [0.2, 0.25) is 0 Å². The van der Waals surface area contributed by atoms with Crippen LogP contribution in [0.4, 0.5) is 5.82 Å². The van der Waals surface area contributed by atoms with Crippen molar-refractivity contribution in [1.82, 2.24) is 9.97 Å². The van der Waals surface area contributed by atoms with E-state index in [0.29, 0.717) is 23.6 Å². The minimum atomic E-state index is 0.0568. The van der Waals surface area contributed by atoms with Gasteiger partial charge in [-0.2, -0.15) is 0 Å². The first-order valence-electron chi connectivity index (χ1n) is 8.58. The summed E-state index contributed by atoms with van der Waals surface area (Å²) in [7, 11) is 0. The quantitative estimate of drug-likeness (QED) is 0.912. The Labute approximate surface area is 143 Å². The summed E-state index contributed by atoms with van der Waals surface area (Å²) in [5.74, 6) is 1.27. The van der Waals surface area contributed by atoms with Crippen LogP contribution in [-0.2, 0) is 18.3 Å². The summed E-state index contributed by atoms with van der Waals surface area (Å²) in [6.45, 7) is 8.60. The minimum absolute atomic E-state index is 0.0568. The maximum absolute atomic E-state index is 12.6. The zero-order chi connectivity index (χ0) is 17.5. The number of carbonyl (C=O) groups is 1. The summed E-state index contributed by atoms with van der Waals surface area (Å²) in [6, 6.07) is 8.63. The number of benzene rings is 1. The highest BCUT2D eigenvalue weighted by atomic mass is 16.1. The van der Waals surface area contributed by atoms with E-state index in [0.717, 1.165) is 18.5 Å². The van der Waals surface area contributed by atoms with E-state index in [1.165, 1.54) is 11.1 Å². The lowest BCUT2D eigenvalue weighted by atomic mass is 9.80. The minimum Gasteiger partial charge on any atom is -0.383 e. The number of anilines is 1. The van der Waals surface area contributed by atoms with Crippen LogP contribution in [0, 0.1) is 0 Å². The first-order valence-corrected chi connectivity index (χ1v) is 8.58. The van der Waals surface area contributed by atoms with Gasteiger partial charge in [0, 0.05) is 12.8 Å². The Morgan fingerprint density at radius 2 is 1.79 bits per heavy atom. The molecule has 1 heterocycles. The van der Waals surface area contributed by atoms with Crippen molar-refractivity contribution in [1.29, 1.82) is 0 Å². The molecule has 2 aromatic rings. The molecule has 0 saturated carbocycles. The predicted octanol–water partition coefficient (Wildman–Crippen LogP) is 3.83. The highest BCUT2D eigenvalue weighted by Crippen LogP contribution is 2.34. The molecule has 1 aliphatic rings. The molecule has 0 bridgehead atoms. The van der Waals surface area contributed by atoms with Crippen molar-refractivity contribution in [2.75, 3.05) is 5.73 Å². The average molecular weight is 323 g/mol. The van der Waals surface area contributed by atoms with E-state index in [1.54, 1.807) is 0 Å². The number of hydrogen-bond donors (Lipinski definition) is 1. The normalized spacial score (nSPS) is 17.7. The molecule has 0 unspecified atom stereocenters. The molecule has 0 fully saturated rings. The molecule has 3 rings (SSSR count). The lowest BCUT2D eigenvalue weighted by Crippen LogP contribution is -2.23. The number of nitrogens with zero attached hydrogens (tertiary/aromatic N) is 2. The number of nitrogens with two attached hydrogens (primary N) is 1.